The van der Waals surface area contributed by atoms with E-state index in [1.807, 2.05) is 13.8 Å². The van der Waals surface area contributed by atoms with E-state index >= 15 is 0 Å². The summed E-state index contributed by atoms with van der Waals surface area (Å²) in [4.78, 5) is 28.9. The average molecular weight is 425 g/mol. The van der Waals surface area contributed by atoms with Crippen LogP contribution in [0.1, 0.15) is 36.4 Å². The zero-order chi connectivity index (χ0) is 22.3. The van der Waals surface area contributed by atoms with Gasteiger partial charge < -0.3 is 9.42 Å². The molecule has 0 bridgehead atoms. The molecule has 0 saturated carbocycles. The number of rotatable bonds is 6. The quantitative estimate of drug-likeness (QED) is 0.565. The monoisotopic (exact) mass is 425 g/mol. The minimum atomic E-state index is -1.02. The molecule has 0 aliphatic carbocycles. The Kier molecular flexibility index (Phi) is 5.12. The Morgan fingerprint density at radius 3 is 2.65 bits per heavy atom. The number of carbonyl (C=O) groups excluding carboxylic acids is 2. The molecule has 4 rings (SSSR count). The zero-order valence-corrected chi connectivity index (χ0v) is 17.9. The molecule has 31 heavy (non-hydrogen) atoms. The first-order chi connectivity index (χ1) is 14.7. The van der Waals surface area contributed by atoms with Crippen LogP contribution in [0.25, 0.3) is 0 Å². The van der Waals surface area contributed by atoms with Gasteiger partial charge in [-0.2, -0.15) is 5.10 Å². The Morgan fingerprint density at radius 1 is 1.19 bits per heavy atom. The van der Waals surface area contributed by atoms with E-state index in [0.717, 1.165) is 21.7 Å². The van der Waals surface area contributed by atoms with Gasteiger partial charge in [-0.1, -0.05) is 17.3 Å². The Morgan fingerprint density at radius 2 is 1.97 bits per heavy atom. The summed E-state index contributed by atoms with van der Waals surface area (Å²) in [5.74, 6) is 0.0501. The lowest BCUT2D eigenvalue weighted by Gasteiger charge is -2.27. The molecule has 3 aromatic rings. The maximum absolute atomic E-state index is 13.5. The number of halogens is 1. The maximum atomic E-state index is 13.5. The van der Waals surface area contributed by atoms with Crippen molar-refractivity contribution >= 4 is 17.6 Å². The molecule has 0 spiro atoms. The number of aromatic nitrogens is 3. The van der Waals surface area contributed by atoms with E-state index in [1.54, 1.807) is 36.9 Å². The Hall–Kier alpha value is -3.49. The molecule has 3 heterocycles. The molecule has 0 atom stereocenters. The molecule has 9 heteroatoms. The molecule has 1 saturated heterocycles. The molecule has 0 unspecified atom stereocenters. The normalized spacial score (nSPS) is 15.9. The van der Waals surface area contributed by atoms with Gasteiger partial charge in [-0.05, 0) is 51.8 Å². The number of hydrogen-bond donors (Lipinski definition) is 0. The van der Waals surface area contributed by atoms with Crippen molar-refractivity contribution in [2.75, 3.05) is 11.4 Å². The van der Waals surface area contributed by atoms with Gasteiger partial charge in [-0.25, -0.2) is 14.1 Å². The summed E-state index contributed by atoms with van der Waals surface area (Å²) >= 11 is 0. The SMILES string of the molecule is Cc1noc(C)c1Cn1cc(N2C(=O)N(CCc3cccc(F)c3)C(C)(C)C2=O)cn1. The van der Waals surface area contributed by atoms with Gasteiger partial charge in [0.2, 0.25) is 0 Å². The Labute approximate surface area is 179 Å². The predicted molar refractivity (Wildman–Crippen MR) is 111 cm³/mol. The second-order valence-electron chi connectivity index (χ2n) is 8.21. The van der Waals surface area contributed by atoms with Crippen molar-refractivity contribution in [1.29, 1.82) is 0 Å². The summed E-state index contributed by atoms with van der Waals surface area (Å²) in [6.07, 6.45) is 3.60. The first-order valence-corrected chi connectivity index (χ1v) is 10.0. The van der Waals surface area contributed by atoms with Crippen molar-refractivity contribution in [2.24, 2.45) is 0 Å². The van der Waals surface area contributed by atoms with Gasteiger partial charge in [0, 0.05) is 18.3 Å². The molecular formula is C22H24FN5O3. The standard InChI is InChI=1S/C22H24FN5O3/c1-14-19(15(2)31-25-14)13-26-12-18(11-24-26)28-20(29)22(3,4)27(21(28)30)9-8-16-6-5-7-17(23)10-16/h5-7,10-12H,8-9,13H2,1-4H3. The van der Waals surface area contributed by atoms with E-state index in [2.05, 4.69) is 10.3 Å². The third-order valence-corrected chi connectivity index (χ3v) is 5.72. The summed E-state index contributed by atoms with van der Waals surface area (Å²) < 4.78 is 20.3. The van der Waals surface area contributed by atoms with E-state index in [1.165, 1.54) is 23.2 Å². The van der Waals surface area contributed by atoms with Gasteiger partial charge >= 0.3 is 6.03 Å². The van der Waals surface area contributed by atoms with Crippen LogP contribution in [0.15, 0.2) is 41.2 Å². The van der Waals surface area contributed by atoms with Crippen LogP contribution in [0.4, 0.5) is 14.9 Å². The van der Waals surface area contributed by atoms with Gasteiger partial charge in [-0.15, -0.1) is 0 Å². The Bertz CT molecular complexity index is 1130. The first kappa shape index (κ1) is 20.8. The number of nitrogens with zero attached hydrogens (tertiary/aromatic N) is 5. The molecule has 0 radical (unpaired) electrons. The van der Waals surface area contributed by atoms with Crippen molar-refractivity contribution in [3.05, 3.63) is 65.1 Å². The lowest BCUT2D eigenvalue weighted by Crippen LogP contribution is -2.45. The highest BCUT2D eigenvalue weighted by Gasteiger charge is 2.51. The van der Waals surface area contributed by atoms with Gasteiger partial charge in [0.05, 0.1) is 24.1 Å². The fourth-order valence-corrected chi connectivity index (χ4v) is 3.82. The number of imide groups is 1. The lowest BCUT2D eigenvalue weighted by molar-refractivity contribution is -0.123. The van der Waals surface area contributed by atoms with Crippen LogP contribution < -0.4 is 4.90 Å². The third kappa shape index (κ3) is 3.71. The highest BCUT2D eigenvalue weighted by Crippen LogP contribution is 2.32. The highest BCUT2D eigenvalue weighted by atomic mass is 19.1. The molecule has 1 aliphatic rings. The molecule has 3 amide bonds. The summed E-state index contributed by atoms with van der Waals surface area (Å²) in [5.41, 5.74) is 1.83. The molecule has 0 N–H and O–H groups in total. The zero-order valence-electron chi connectivity index (χ0n) is 17.9. The number of hydrogen-bond acceptors (Lipinski definition) is 5. The lowest BCUT2D eigenvalue weighted by atomic mass is 10.0. The summed E-state index contributed by atoms with van der Waals surface area (Å²) in [7, 11) is 0. The number of anilines is 1. The van der Waals surface area contributed by atoms with Crippen molar-refractivity contribution in [3.63, 3.8) is 0 Å². The molecule has 8 nitrogen and oxygen atoms in total. The second-order valence-corrected chi connectivity index (χ2v) is 8.21. The van der Waals surface area contributed by atoms with Crippen LogP contribution in [0.3, 0.4) is 0 Å². The summed E-state index contributed by atoms with van der Waals surface area (Å²) in [6.45, 7) is 7.82. The second kappa shape index (κ2) is 7.64. The van der Waals surface area contributed by atoms with Crippen LogP contribution in [0, 0.1) is 19.7 Å². The number of carbonyl (C=O) groups is 2. The fourth-order valence-electron chi connectivity index (χ4n) is 3.82. The van der Waals surface area contributed by atoms with E-state index in [4.69, 9.17) is 4.52 Å². The van der Waals surface area contributed by atoms with Crippen LogP contribution in [-0.4, -0.2) is 43.9 Å². The number of benzene rings is 1. The first-order valence-electron chi connectivity index (χ1n) is 10.0. The number of amides is 3. The maximum Gasteiger partial charge on any atom is 0.332 e. The predicted octanol–water partition coefficient (Wildman–Crippen LogP) is 3.47. The van der Waals surface area contributed by atoms with Crippen LogP contribution in [0.5, 0.6) is 0 Å². The molecule has 2 aromatic heterocycles. The van der Waals surface area contributed by atoms with Gasteiger partial charge in [-0.3, -0.25) is 9.48 Å². The number of aryl methyl sites for hydroxylation is 2. The smallest absolute Gasteiger partial charge is 0.332 e. The third-order valence-electron chi connectivity index (χ3n) is 5.72. The number of urea groups is 1. The minimum absolute atomic E-state index is 0.296. The van der Waals surface area contributed by atoms with Crippen molar-refractivity contribution in [1.82, 2.24) is 19.8 Å². The van der Waals surface area contributed by atoms with E-state index in [0.29, 0.717) is 31.0 Å². The topological polar surface area (TPSA) is 84.5 Å². The molecule has 1 fully saturated rings. The van der Waals surface area contributed by atoms with Crippen molar-refractivity contribution in [2.45, 2.75) is 46.2 Å². The van der Waals surface area contributed by atoms with Crippen LogP contribution in [-0.2, 0) is 17.8 Å². The fraction of sp³-hybridized carbons (Fsp3) is 0.364. The highest BCUT2D eigenvalue weighted by molar-refractivity contribution is 6.22. The van der Waals surface area contributed by atoms with Crippen molar-refractivity contribution in [3.8, 4) is 0 Å². The van der Waals surface area contributed by atoms with Crippen molar-refractivity contribution < 1.29 is 18.5 Å². The van der Waals surface area contributed by atoms with Gasteiger partial charge in [0.25, 0.3) is 5.91 Å². The van der Waals surface area contributed by atoms with E-state index < -0.39 is 11.6 Å². The minimum Gasteiger partial charge on any atom is -0.361 e. The largest absolute Gasteiger partial charge is 0.361 e. The van der Waals surface area contributed by atoms with E-state index in [-0.39, 0.29) is 11.7 Å². The molecule has 162 valence electrons. The van der Waals surface area contributed by atoms with Crippen LogP contribution >= 0.6 is 0 Å². The average Bonchev–Trinajstić information content (AvgIpc) is 3.34. The Balaban J connectivity index is 1.53. The van der Waals surface area contributed by atoms with Gasteiger partial charge in [0.1, 0.15) is 17.1 Å². The summed E-state index contributed by atoms with van der Waals surface area (Å²) in [6, 6.07) is 5.83. The van der Waals surface area contributed by atoms with Crippen LogP contribution in [0.2, 0.25) is 0 Å². The molecular weight excluding hydrogens is 401 g/mol. The molecule has 1 aliphatic heterocycles. The summed E-state index contributed by atoms with van der Waals surface area (Å²) in [5, 5.41) is 8.24. The molecule has 1 aromatic carbocycles. The van der Waals surface area contributed by atoms with E-state index in [9.17, 15) is 14.0 Å². The van der Waals surface area contributed by atoms with Gasteiger partial charge in [0.15, 0.2) is 0 Å².